The van der Waals surface area contributed by atoms with E-state index in [4.69, 9.17) is 10.8 Å². The van der Waals surface area contributed by atoms with Crippen molar-refractivity contribution in [3.8, 4) is 0 Å². The highest BCUT2D eigenvalue weighted by Crippen LogP contribution is 1.70. The van der Waals surface area contributed by atoms with Crippen molar-refractivity contribution in [3.05, 3.63) is 0 Å². The maximum absolute atomic E-state index is 6.67. The molecule has 0 spiro atoms. The molecule has 0 saturated heterocycles. The minimum atomic E-state index is 0.255. The van der Waals surface area contributed by atoms with Gasteiger partial charge in [0.05, 0.1) is 13.7 Å². The molecule has 0 aliphatic heterocycles. The summed E-state index contributed by atoms with van der Waals surface area (Å²) in [5.41, 5.74) is 0. The predicted octanol–water partition coefficient (Wildman–Crippen LogP) is 1.65. The van der Waals surface area contributed by atoms with E-state index in [1.807, 2.05) is 6.92 Å². The molecule has 0 aromatic heterocycles. The standard InChI is InChI=1S/C4H9NO.C3H7NO/c1-3-6-4(2)5;1-3(4)5-2/h5H,3H2,1-2H3;4H,1-2H3. The number of hydrogen-bond donors (Lipinski definition) is 2. The summed E-state index contributed by atoms with van der Waals surface area (Å²) in [7, 11) is 1.47. The van der Waals surface area contributed by atoms with Gasteiger partial charge in [-0.15, -0.1) is 0 Å². The Morgan fingerprint density at radius 2 is 1.55 bits per heavy atom. The zero-order valence-corrected chi connectivity index (χ0v) is 7.52. The lowest BCUT2D eigenvalue weighted by atomic mass is 10.7. The first-order valence-electron chi connectivity index (χ1n) is 3.31. The lowest BCUT2D eigenvalue weighted by molar-refractivity contribution is 0.321. The molecular weight excluding hydrogens is 144 g/mol. The zero-order valence-electron chi connectivity index (χ0n) is 7.52. The molecule has 0 bridgehead atoms. The maximum Gasteiger partial charge on any atom is 0.177 e. The van der Waals surface area contributed by atoms with Crippen LogP contribution >= 0.6 is 0 Å². The van der Waals surface area contributed by atoms with Crippen molar-refractivity contribution in [1.82, 2.24) is 0 Å². The van der Waals surface area contributed by atoms with E-state index in [0.717, 1.165) is 0 Å². The van der Waals surface area contributed by atoms with Crippen molar-refractivity contribution in [3.63, 3.8) is 0 Å². The Morgan fingerprint density at radius 3 is 1.55 bits per heavy atom. The van der Waals surface area contributed by atoms with Crippen LogP contribution < -0.4 is 0 Å². The molecule has 0 aliphatic rings. The van der Waals surface area contributed by atoms with Gasteiger partial charge in [-0.25, -0.2) is 0 Å². The fourth-order valence-corrected chi connectivity index (χ4v) is 0.217. The molecule has 0 amide bonds. The van der Waals surface area contributed by atoms with Gasteiger partial charge < -0.3 is 9.47 Å². The van der Waals surface area contributed by atoms with Crippen molar-refractivity contribution in [1.29, 1.82) is 10.8 Å². The topological polar surface area (TPSA) is 66.2 Å². The van der Waals surface area contributed by atoms with Crippen LogP contribution in [0.4, 0.5) is 0 Å². The fraction of sp³-hybridized carbons (Fsp3) is 0.714. The Bertz CT molecular complexity index is 124. The summed E-state index contributed by atoms with van der Waals surface area (Å²) in [5, 5.41) is 13.2. The molecule has 0 aliphatic carbocycles. The van der Waals surface area contributed by atoms with Crippen molar-refractivity contribution >= 4 is 11.8 Å². The van der Waals surface area contributed by atoms with E-state index in [0.29, 0.717) is 6.61 Å². The van der Waals surface area contributed by atoms with E-state index < -0.39 is 0 Å². The first-order valence-corrected chi connectivity index (χ1v) is 3.31. The Kier molecular flexibility index (Phi) is 10.2. The van der Waals surface area contributed by atoms with Gasteiger partial charge in [-0.3, -0.25) is 10.8 Å². The molecule has 0 unspecified atom stereocenters. The van der Waals surface area contributed by atoms with Crippen molar-refractivity contribution < 1.29 is 9.47 Å². The van der Waals surface area contributed by atoms with Crippen LogP contribution in [-0.4, -0.2) is 25.5 Å². The molecule has 0 saturated carbocycles. The molecule has 0 radical (unpaired) electrons. The Hall–Kier alpha value is -1.06. The van der Waals surface area contributed by atoms with Gasteiger partial charge in [-0.05, 0) is 6.92 Å². The summed E-state index contributed by atoms with van der Waals surface area (Å²) in [6.07, 6.45) is 0. The zero-order chi connectivity index (χ0) is 9.28. The lowest BCUT2D eigenvalue weighted by Crippen LogP contribution is -1.94. The number of rotatable bonds is 1. The van der Waals surface area contributed by atoms with Crippen LogP contribution in [0.3, 0.4) is 0 Å². The smallest absolute Gasteiger partial charge is 0.177 e. The molecule has 0 rings (SSSR count). The Labute approximate surface area is 67.5 Å². The first-order chi connectivity index (χ1) is 5.04. The molecular formula is C7H16N2O2. The molecule has 2 N–H and O–H groups in total. The van der Waals surface area contributed by atoms with Gasteiger partial charge in [0.25, 0.3) is 0 Å². The van der Waals surface area contributed by atoms with Gasteiger partial charge in [0.1, 0.15) is 0 Å². The third-order valence-electron chi connectivity index (χ3n) is 0.667. The van der Waals surface area contributed by atoms with Gasteiger partial charge >= 0.3 is 0 Å². The van der Waals surface area contributed by atoms with E-state index in [-0.39, 0.29) is 11.8 Å². The molecule has 0 fully saturated rings. The maximum atomic E-state index is 6.67. The molecule has 4 nitrogen and oxygen atoms in total. The van der Waals surface area contributed by atoms with Crippen LogP contribution in [0.25, 0.3) is 0 Å². The summed E-state index contributed by atoms with van der Waals surface area (Å²) in [5.74, 6) is 0.544. The minimum Gasteiger partial charge on any atom is -0.485 e. The SMILES string of the molecule is CCOC(C)=N.COC(C)=N. The number of ether oxygens (including phenoxy) is 2. The fourth-order valence-electron chi connectivity index (χ4n) is 0.217. The van der Waals surface area contributed by atoms with Gasteiger partial charge in [0.2, 0.25) is 0 Å². The molecule has 0 atom stereocenters. The van der Waals surface area contributed by atoms with Gasteiger partial charge in [0.15, 0.2) is 11.8 Å². The van der Waals surface area contributed by atoms with Crippen molar-refractivity contribution in [2.24, 2.45) is 0 Å². The lowest BCUT2D eigenvalue weighted by Gasteiger charge is -1.93. The highest BCUT2D eigenvalue weighted by atomic mass is 16.5. The second-order valence-electron chi connectivity index (χ2n) is 1.75. The minimum absolute atomic E-state index is 0.255. The van der Waals surface area contributed by atoms with Crippen LogP contribution in [0.1, 0.15) is 20.8 Å². The van der Waals surface area contributed by atoms with Gasteiger partial charge in [-0.2, -0.15) is 0 Å². The highest BCUT2D eigenvalue weighted by Gasteiger charge is 1.75. The van der Waals surface area contributed by atoms with Crippen molar-refractivity contribution in [2.45, 2.75) is 20.8 Å². The summed E-state index contributed by atoms with van der Waals surface area (Å²) in [6, 6.07) is 0. The number of hydrogen-bond acceptors (Lipinski definition) is 4. The van der Waals surface area contributed by atoms with E-state index in [1.54, 1.807) is 13.8 Å². The monoisotopic (exact) mass is 160 g/mol. The summed E-state index contributed by atoms with van der Waals surface area (Å²) < 4.78 is 8.96. The van der Waals surface area contributed by atoms with E-state index in [9.17, 15) is 0 Å². The van der Waals surface area contributed by atoms with Crippen LogP contribution in [-0.2, 0) is 9.47 Å². The van der Waals surface area contributed by atoms with E-state index in [2.05, 4.69) is 9.47 Å². The van der Waals surface area contributed by atoms with E-state index in [1.165, 1.54) is 7.11 Å². The molecule has 4 heteroatoms. The van der Waals surface area contributed by atoms with E-state index >= 15 is 0 Å². The predicted molar refractivity (Wildman–Crippen MR) is 45.4 cm³/mol. The largest absolute Gasteiger partial charge is 0.485 e. The molecule has 11 heavy (non-hydrogen) atoms. The van der Waals surface area contributed by atoms with Crippen molar-refractivity contribution in [2.75, 3.05) is 13.7 Å². The quantitative estimate of drug-likeness (QED) is 0.452. The summed E-state index contributed by atoms with van der Waals surface area (Å²) in [6.45, 7) is 5.66. The Morgan fingerprint density at radius 1 is 1.18 bits per heavy atom. The molecule has 0 heterocycles. The summed E-state index contributed by atoms with van der Waals surface area (Å²) in [4.78, 5) is 0. The summed E-state index contributed by atoms with van der Waals surface area (Å²) >= 11 is 0. The molecule has 0 aromatic carbocycles. The van der Waals surface area contributed by atoms with Gasteiger partial charge in [0, 0.05) is 13.8 Å². The average molecular weight is 160 g/mol. The number of methoxy groups -OCH3 is 1. The normalized spacial score (nSPS) is 7.27. The van der Waals surface area contributed by atoms with Crippen LogP contribution in [0.5, 0.6) is 0 Å². The highest BCUT2D eigenvalue weighted by molar-refractivity contribution is 5.69. The Balaban J connectivity index is 0. The average Bonchev–Trinajstić information content (AvgIpc) is 1.89. The third kappa shape index (κ3) is 27.7. The van der Waals surface area contributed by atoms with Crippen LogP contribution in [0, 0.1) is 10.8 Å². The molecule has 66 valence electrons. The second kappa shape index (κ2) is 8.94. The third-order valence-corrected chi connectivity index (χ3v) is 0.667. The van der Waals surface area contributed by atoms with Crippen LogP contribution in [0.2, 0.25) is 0 Å². The second-order valence-corrected chi connectivity index (χ2v) is 1.75. The molecule has 0 aromatic rings. The van der Waals surface area contributed by atoms with Crippen LogP contribution in [0.15, 0.2) is 0 Å². The number of nitrogens with one attached hydrogen (secondary N) is 2. The van der Waals surface area contributed by atoms with Gasteiger partial charge in [-0.1, -0.05) is 0 Å². The first kappa shape index (κ1) is 12.6.